The molecule has 1 saturated heterocycles. The molecule has 8 heteroatoms. The molecule has 2 heterocycles. The molecule has 0 bridgehead atoms. The summed E-state index contributed by atoms with van der Waals surface area (Å²) in [5.74, 6) is 0.504. The number of hydrogen-bond acceptors (Lipinski definition) is 3. The number of urea groups is 1. The molecule has 0 unspecified atom stereocenters. The van der Waals surface area contributed by atoms with E-state index in [1.807, 2.05) is 4.90 Å². The van der Waals surface area contributed by atoms with Crippen LogP contribution in [0, 0.1) is 0 Å². The molecule has 1 N–H and O–H groups in total. The van der Waals surface area contributed by atoms with Gasteiger partial charge in [-0.3, -0.25) is 0 Å². The molecule has 0 radical (unpaired) electrons. The van der Waals surface area contributed by atoms with Crippen molar-refractivity contribution in [3.05, 3.63) is 23.9 Å². The van der Waals surface area contributed by atoms with E-state index in [0.29, 0.717) is 38.5 Å². The Morgan fingerprint density at radius 2 is 1.96 bits per heavy atom. The van der Waals surface area contributed by atoms with Gasteiger partial charge in [0.2, 0.25) is 0 Å². The fourth-order valence-corrected chi connectivity index (χ4v) is 2.36. The second-order valence-corrected chi connectivity index (χ2v) is 5.46. The molecule has 1 aliphatic rings. The third-order valence-electron chi connectivity index (χ3n) is 3.77. The summed E-state index contributed by atoms with van der Waals surface area (Å²) in [6, 6.07) is 2.32. The number of nitrogens with one attached hydrogen (secondary N) is 1. The summed E-state index contributed by atoms with van der Waals surface area (Å²) in [5, 5.41) is 2.86. The number of pyridine rings is 1. The predicted molar refractivity (Wildman–Crippen MR) is 81.3 cm³/mol. The molecule has 1 aromatic rings. The molecule has 0 aliphatic carbocycles. The van der Waals surface area contributed by atoms with Crippen molar-refractivity contribution in [3.63, 3.8) is 0 Å². The van der Waals surface area contributed by atoms with Gasteiger partial charge in [0.15, 0.2) is 0 Å². The van der Waals surface area contributed by atoms with E-state index in [2.05, 4.69) is 17.2 Å². The first-order chi connectivity index (χ1) is 10.9. The highest BCUT2D eigenvalue weighted by Gasteiger charge is 2.31. The molecule has 2 amide bonds. The van der Waals surface area contributed by atoms with Gasteiger partial charge in [-0.15, -0.1) is 0 Å². The van der Waals surface area contributed by atoms with Crippen molar-refractivity contribution >= 4 is 11.8 Å². The number of aromatic nitrogens is 1. The van der Waals surface area contributed by atoms with Gasteiger partial charge in [0, 0.05) is 38.9 Å². The number of nitrogens with zero attached hydrogens (tertiary/aromatic N) is 3. The molecule has 0 aromatic carbocycles. The van der Waals surface area contributed by atoms with Gasteiger partial charge in [-0.1, -0.05) is 13.3 Å². The predicted octanol–water partition coefficient (Wildman–Crippen LogP) is 2.73. The Hall–Kier alpha value is -1.99. The summed E-state index contributed by atoms with van der Waals surface area (Å²) in [7, 11) is 0. The average molecular weight is 330 g/mol. The minimum absolute atomic E-state index is 0.0847. The zero-order valence-corrected chi connectivity index (χ0v) is 13.1. The molecule has 1 fully saturated rings. The summed E-state index contributed by atoms with van der Waals surface area (Å²) in [5.41, 5.74) is -0.754. The van der Waals surface area contributed by atoms with Crippen LogP contribution in [0.1, 0.15) is 25.3 Å². The highest BCUT2D eigenvalue weighted by Crippen LogP contribution is 2.29. The molecule has 23 heavy (non-hydrogen) atoms. The number of halogens is 3. The van der Waals surface area contributed by atoms with Crippen LogP contribution in [0.4, 0.5) is 23.8 Å². The lowest BCUT2D eigenvalue weighted by atomic mass is 10.2. The number of amides is 2. The first-order valence-corrected chi connectivity index (χ1v) is 7.73. The van der Waals surface area contributed by atoms with E-state index < -0.39 is 11.7 Å². The second kappa shape index (κ2) is 7.52. The fourth-order valence-electron chi connectivity index (χ4n) is 2.36. The topological polar surface area (TPSA) is 48.5 Å². The SMILES string of the molecule is CCCCNC(=O)N1CCN(c2ccc(C(F)(F)F)cn2)CC1. The van der Waals surface area contributed by atoms with E-state index in [0.717, 1.165) is 25.1 Å². The lowest BCUT2D eigenvalue weighted by Crippen LogP contribution is -2.52. The zero-order valence-electron chi connectivity index (χ0n) is 13.1. The smallest absolute Gasteiger partial charge is 0.353 e. The van der Waals surface area contributed by atoms with Crippen molar-refractivity contribution in [2.75, 3.05) is 37.6 Å². The number of unbranched alkanes of at least 4 members (excludes halogenated alkanes) is 1. The van der Waals surface area contributed by atoms with Gasteiger partial charge in [-0.25, -0.2) is 9.78 Å². The lowest BCUT2D eigenvalue weighted by molar-refractivity contribution is -0.137. The van der Waals surface area contributed by atoms with Crippen molar-refractivity contribution in [2.45, 2.75) is 25.9 Å². The molecule has 5 nitrogen and oxygen atoms in total. The van der Waals surface area contributed by atoms with E-state index in [4.69, 9.17) is 0 Å². The number of hydrogen-bond donors (Lipinski definition) is 1. The van der Waals surface area contributed by atoms with Crippen LogP contribution >= 0.6 is 0 Å². The van der Waals surface area contributed by atoms with Crippen molar-refractivity contribution in [1.29, 1.82) is 0 Å². The van der Waals surface area contributed by atoms with Gasteiger partial charge >= 0.3 is 12.2 Å². The van der Waals surface area contributed by atoms with E-state index >= 15 is 0 Å². The Balaban J connectivity index is 1.85. The van der Waals surface area contributed by atoms with E-state index in [1.54, 1.807) is 4.90 Å². The number of piperazine rings is 1. The second-order valence-electron chi connectivity index (χ2n) is 5.46. The molecule has 128 valence electrons. The van der Waals surface area contributed by atoms with Crippen molar-refractivity contribution in [1.82, 2.24) is 15.2 Å². The van der Waals surface area contributed by atoms with Gasteiger partial charge < -0.3 is 15.1 Å². The standard InChI is InChI=1S/C15H21F3N4O/c1-2-3-6-19-14(23)22-9-7-21(8-10-22)13-5-4-12(11-20-13)15(16,17)18/h4-5,11H,2-3,6-10H2,1H3,(H,19,23). The van der Waals surface area contributed by atoms with Crippen LogP contribution in [-0.2, 0) is 6.18 Å². The highest BCUT2D eigenvalue weighted by molar-refractivity contribution is 5.74. The van der Waals surface area contributed by atoms with Crippen molar-refractivity contribution < 1.29 is 18.0 Å². The molecular formula is C15H21F3N4O. The van der Waals surface area contributed by atoms with Crippen LogP contribution in [0.2, 0.25) is 0 Å². The Kier molecular flexibility index (Phi) is 5.68. The van der Waals surface area contributed by atoms with Gasteiger partial charge in [0.25, 0.3) is 0 Å². The average Bonchev–Trinajstić information content (AvgIpc) is 2.54. The number of alkyl halides is 3. The quantitative estimate of drug-likeness (QED) is 0.864. The van der Waals surface area contributed by atoms with E-state index in [1.165, 1.54) is 6.07 Å². The van der Waals surface area contributed by atoms with Crippen LogP contribution in [0.5, 0.6) is 0 Å². The van der Waals surface area contributed by atoms with Crippen LogP contribution in [-0.4, -0.2) is 48.6 Å². The normalized spacial score (nSPS) is 15.7. The summed E-state index contributed by atoms with van der Waals surface area (Å²) in [6.45, 7) is 4.89. The maximum atomic E-state index is 12.5. The summed E-state index contributed by atoms with van der Waals surface area (Å²) in [6.07, 6.45) is -1.56. The fraction of sp³-hybridized carbons (Fsp3) is 0.600. The van der Waals surface area contributed by atoms with Crippen LogP contribution in [0.15, 0.2) is 18.3 Å². The summed E-state index contributed by atoms with van der Waals surface area (Å²) < 4.78 is 37.6. The maximum absolute atomic E-state index is 12.5. The Morgan fingerprint density at radius 1 is 1.26 bits per heavy atom. The monoisotopic (exact) mass is 330 g/mol. The Labute approximate surface area is 133 Å². The van der Waals surface area contributed by atoms with E-state index in [-0.39, 0.29) is 6.03 Å². The Bertz CT molecular complexity index is 510. The summed E-state index contributed by atoms with van der Waals surface area (Å²) in [4.78, 5) is 19.4. The van der Waals surface area contributed by atoms with Gasteiger partial charge in [-0.2, -0.15) is 13.2 Å². The van der Waals surface area contributed by atoms with Gasteiger partial charge in [0.1, 0.15) is 5.82 Å². The van der Waals surface area contributed by atoms with Crippen LogP contribution in [0.25, 0.3) is 0 Å². The molecule has 1 aromatic heterocycles. The van der Waals surface area contributed by atoms with Gasteiger partial charge in [-0.05, 0) is 18.6 Å². The minimum Gasteiger partial charge on any atom is -0.353 e. The van der Waals surface area contributed by atoms with Crippen LogP contribution in [0.3, 0.4) is 0 Å². The maximum Gasteiger partial charge on any atom is 0.417 e. The number of carbonyl (C=O) groups excluding carboxylic acids is 1. The van der Waals surface area contributed by atoms with Crippen molar-refractivity contribution in [2.24, 2.45) is 0 Å². The largest absolute Gasteiger partial charge is 0.417 e. The number of anilines is 1. The third-order valence-corrected chi connectivity index (χ3v) is 3.77. The Morgan fingerprint density at radius 3 is 2.48 bits per heavy atom. The van der Waals surface area contributed by atoms with Gasteiger partial charge in [0.05, 0.1) is 5.56 Å². The van der Waals surface area contributed by atoms with Crippen LogP contribution < -0.4 is 10.2 Å². The molecular weight excluding hydrogens is 309 g/mol. The first kappa shape index (κ1) is 17.4. The summed E-state index contributed by atoms with van der Waals surface area (Å²) >= 11 is 0. The lowest BCUT2D eigenvalue weighted by Gasteiger charge is -2.35. The number of rotatable bonds is 4. The molecule has 0 spiro atoms. The first-order valence-electron chi connectivity index (χ1n) is 7.73. The van der Waals surface area contributed by atoms with E-state index in [9.17, 15) is 18.0 Å². The molecule has 2 rings (SSSR count). The number of carbonyl (C=O) groups is 1. The zero-order chi connectivity index (χ0) is 16.9. The third kappa shape index (κ3) is 4.74. The highest BCUT2D eigenvalue weighted by atomic mass is 19.4. The van der Waals surface area contributed by atoms with Crippen molar-refractivity contribution in [3.8, 4) is 0 Å². The minimum atomic E-state index is -4.37. The molecule has 0 saturated carbocycles. The molecule has 0 atom stereocenters. The molecule has 1 aliphatic heterocycles.